The average Bonchev–Trinajstić information content (AvgIpc) is 2.04. The second-order valence-electron chi connectivity index (χ2n) is 3.67. The Kier molecular flexibility index (Phi) is 3.34. The van der Waals surface area contributed by atoms with Crippen molar-refractivity contribution in [1.29, 1.82) is 0 Å². The Hall–Kier alpha value is -0.530. The molecule has 0 aromatic heterocycles. The summed E-state index contributed by atoms with van der Waals surface area (Å²) in [7, 11) is 0. The van der Waals surface area contributed by atoms with Crippen molar-refractivity contribution in [2.24, 2.45) is 5.73 Å². The average molecular weight is 198 g/mol. The molecule has 0 atom stereocenters. The van der Waals surface area contributed by atoms with Crippen LogP contribution in [0.2, 0.25) is 0 Å². The Morgan fingerprint density at radius 3 is 2.46 bits per heavy atom. The highest BCUT2D eigenvalue weighted by Gasteiger charge is 2.18. The van der Waals surface area contributed by atoms with Crippen molar-refractivity contribution in [3.63, 3.8) is 0 Å². The molecule has 13 heavy (non-hydrogen) atoms. The fraction of sp³-hybridized carbons (Fsp3) is 0.455. The van der Waals surface area contributed by atoms with Crippen molar-refractivity contribution in [3.8, 4) is 0 Å². The molecule has 2 heteroatoms. The van der Waals surface area contributed by atoms with Crippen molar-refractivity contribution in [1.82, 2.24) is 0 Å². The minimum Gasteiger partial charge on any atom is -0.330 e. The molecule has 0 heterocycles. The van der Waals surface area contributed by atoms with E-state index in [2.05, 4.69) is 12.1 Å². The van der Waals surface area contributed by atoms with Crippen molar-refractivity contribution in [3.05, 3.63) is 35.4 Å². The number of rotatable bonds is 3. The largest absolute Gasteiger partial charge is 0.330 e. The first-order valence-electron chi connectivity index (χ1n) is 4.53. The number of hydrogen-bond acceptors (Lipinski definition) is 1. The molecule has 1 aromatic rings. The zero-order chi connectivity index (χ0) is 9.90. The zero-order valence-electron chi connectivity index (χ0n) is 8.18. The molecule has 0 saturated heterocycles. The lowest BCUT2D eigenvalue weighted by Gasteiger charge is -2.20. The third-order valence-corrected chi connectivity index (χ3v) is 2.28. The van der Waals surface area contributed by atoms with E-state index in [9.17, 15) is 0 Å². The zero-order valence-corrected chi connectivity index (χ0v) is 8.93. The van der Waals surface area contributed by atoms with Gasteiger partial charge in [0.1, 0.15) is 0 Å². The third-order valence-electron chi connectivity index (χ3n) is 2.07. The maximum atomic E-state index is 6.26. The molecule has 0 unspecified atom stereocenters. The predicted octanol–water partition coefficient (Wildman–Crippen LogP) is 2.66. The molecule has 0 aliphatic carbocycles. The number of hydrogen-bond donors (Lipinski definition) is 1. The van der Waals surface area contributed by atoms with Gasteiger partial charge in [-0.3, -0.25) is 0 Å². The molecule has 0 aliphatic rings. The first kappa shape index (κ1) is 10.6. The lowest BCUT2D eigenvalue weighted by molar-refractivity contribution is 0.747. The quantitative estimate of drug-likeness (QED) is 0.741. The topological polar surface area (TPSA) is 26.0 Å². The lowest BCUT2D eigenvalue weighted by atomic mass is 9.95. The van der Waals surface area contributed by atoms with Gasteiger partial charge in [-0.2, -0.15) is 0 Å². The van der Waals surface area contributed by atoms with Gasteiger partial charge in [0.2, 0.25) is 0 Å². The summed E-state index contributed by atoms with van der Waals surface area (Å²) in [5.74, 6) is 0. The van der Waals surface area contributed by atoms with Gasteiger partial charge in [-0.25, -0.2) is 0 Å². The van der Waals surface area contributed by atoms with E-state index >= 15 is 0 Å². The van der Waals surface area contributed by atoms with Gasteiger partial charge < -0.3 is 5.73 Å². The summed E-state index contributed by atoms with van der Waals surface area (Å²) >= 11 is 6.26. The van der Waals surface area contributed by atoms with Gasteiger partial charge in [0.25, 0.3) is 0 Å². The molecule has 1 rings (SSSR count). The van der Waals surface area contributed by atoms with Crippen LogP contribution >= 0.6 is 11.6 Å². The number of halogens is 1. The van der Waals surface area contributed by atoms with Crippen LogP contribution in [0.5, 0.6) is 0 Å². The number of benzene rings is 1. The van der Waals surface area contributed by atoms with Gasteiger partial charge in [-0.15, -0.1) is 11.6 Å². The van der Waals surface area contributed by atoms with E-state index in [0.717, 1.165) is 6.42 Å². The standard InChI is InChI=1S/C11H16ClN/c1-11(2,12)10-6-4-3-5-9(10)7-8-13/h3-6H,7-8,13H2,1-2H3. The van der Waals surface area contributed by atoms with Gasteiger partial charge in [-0.05, 0) is 37.9 Å². The van der Waals surface area contributed by atoms with E-state index in [1.54, 1.807) is 0 Å². The summed E-state index contributed by atoms with van der Waals surface area (Å²) in [5.41, 5.74) is 7.97. The molecule has 2 N–H and O–H groups in total. The minimum atomic E-state index is -0.300. The second kappa shape index (κ2) is 4.12. The van der Waals surface area contributed by atoms with Crippen LogP contribution in [0.1, 0.15) is 25.0 Å². The van der Waals surface area contributed by atoms with Crippen LogP contribution in [-0.4, -0.2) is 6.54 Å². The smallest absolute Gasteiger partial charge is 0.0641 e. The van der Waals surface area contributed by atoms with Crippen molar-refractivity contribution in [2.75, 3.05) is 6.54 Å². The first-order valence-corrected chi connectivity index (χ1v) is 4.91. The van der Waals surface area contributed by atoms with E-state index < -0.39 is 0 Å². The molecule has 0 radical (unpaired) electrons. The van der Waals surface area contributed by atoms with Crippen LogP contribution in [0.15, 0.2) is 24.3 Å². The van der Waals surface area contributed by atoms with Crippen LogP contribution in [0.3, 0.4) is 0 Å². The van der Waals surface area contributed by atoms with Crippen molar-refractivity contribution >= 4 is 11.6 Å². The molecule has 1 nitrogen and oxygen atoms in total. The van der Waals surface area contributed by atoms with Crippen LogP contribution in [-0.2, 0) is 11.3 Å². The molecule has 0 saturated carbocycles. The van der Waals surface area contributed by atoms with Crippen LogP contribution in [0.4, 0.5) is 0 Å². The lowest BCUT2D eigenvalue weighted by Crippen LogP contribution is -2.13. The Labute approximate surface area is 84.9 Å². The summed E-state index contributed by atoms with van der Waals surface area (Å²) in [6.45, 7) is 4.68. The molecule has 0 aliphatic heterocycles. The molecule has 1 aromatic carbocycles. The molecular formula is C11H16ClN. The Bertz CT molecular complexity index is 276. The van der Waals surface area contributed by atoms with E-state index in [0.29, 0.717) is 6.54 Å². The van der Waals surface area contributed by atoms with Gasteiger partial charge in [0.05, 0.1) is 4.87 Å². The Morgan fingerprint density at radius 1 is 1.31 bits per heavy atom. The molecule has 0 fully saturated rings. The summed E-state index contributed by atoms with van der Waals surface area (Å²) in [4.78, 5) is -0.300. The van der Waals surface area contributed by atoms with E-state index in [-0.39, 0.29) is 4.87 Å². The molecule has 0 spiro atoms. The van der Waals surface area contributed by atoms with E-state index in [1.807, 2.05) is 26.0 Å². The predicted molar refractivity (Wildman–Crippen MR) is 58.1 cm³/mol. The third kappa shape index (κ3) is 2.71. The molecule has 72 valence electrons. The summed E-state index contributed by atoms with van der Waals surface area (Å²) in [6.07, 6.45) is 0.895. The van der Waals surface area contributed by atoms with Gasteiger partial charge in [-0.1, -0.05) is 24.3 Å². The van der Waals surface area contributed by atoms with Gasteiger partial charge >= 0.3 is 0 Å². The van der Waals surface area contributed by atoms with E-state index in [1.165, 1.54) is 11.1 Å². The van der Waals surface area contributed by atoms with Gasteiger partial charge in [0.15, 0.2) is 0 Å². The molecule has 0 amide bonds. The van der Waals surface area contributed by atoms with Gasteiger partial charge in [0, 0.05) is 0 Å². The summed E-state index contributed by atoms with van der Waals surface area (Å²) in [5, 5.41) is 0. The van der Waals surface area contributed by atoms with Crippen LogP contribution in [0, 0.1) is 0 Å². The number of alkyl halides is 1. The van der Waals surface area contributed by atoms with Crippen molar-refractivity contribution in [2.45, 2.75) is 25.1 Å². The summed E-state index contributed by atoms with van der Waals surface area (Å²) in [6, 6.07) is 8.20. The summed E-state index contributed by atoms with van der Waals surface area (Å²) < 4.78 is 0. The second-order valence-corrected chi connectivity index (χ2v) is 4.61. The monoisotopic (exact) mass is 197 g/mol. The highest BCUT2D eigenvalue weighted by molar-refractivity contribution is 6.23. The maximum Gasteiger partial charge on any atom is 0.0641 e. The van der Waals surface area contributed by atoms with E-state index in [4.69, 9.17) is 17.3 Å². The van der Waals surface area contributed by atoms with Crippen molar-refractivity contribution < 1.29 is 0 Å². The fourth-order valence-electron chi connectivity index (χ4n) is 1.47. The van der Waals surface area contributed by atoms with Crippen LogP contribution in [0.25, 0.3) is 0 Å². The highest BCUT2D eigenvalue weighted by Crippen LogP contribution is 2.30. The normalized spacial score (nSPS) is 11.7. The minimum absolute atomic E-state index is 0.300. The maximum absolute atomic E-state index is 6.26. The van der Waals surface area contributed by atoms with Crippen LogP contribution < -0.4 is 5.73 Å². The first-order chi connectivity index (χ1) is 6.05. The Morgan fingerprint density at radius 2 is 1.92 bits per heavy atom. The SMILES string of the molecule is CC(C)(Cl)c1ccccc1CCN. The highest BCUT2D eigenvalue weighted by atomic mass is 35.5. The molecule has 0 bridgehead atoms. The molecular weight excluding hydrogens is 182 g/mol. The number of nitrogens with two attached hydrogens (primary N) is 1. The fourth-order valence-corrected chi connectivity index (χ4v) is 1.66. The Balaban J connectivity index is 3.05.